The normalized spacial score (nSPS) is 15.7. The van der Waals surface area contributed by atoms with Crippen LogP contribution in [0.2, 0.25) is 0 Å². The van der Waals surface area contributed by atoms with Crippen LogP contribution in [0, 0.1) is 0 Å². The second-order valence-corrected chi connectivity index (χ2v) is 8.78. The molecule has 4 rings (SSSR count). The van der Waals surface area contributed by atoms with E-state index in [-0.39, 0.29) is 22.8 Å². The first-order valence-corrected chi connectivity index (χ1v) is 11.2. The molecule has 8 heteroatoms. The Morgan fingerprint density at radius 2 is 1.57 bits per heavy atom. The maximum Gasteiger partial charge on any atom is 0.261 e. The van der Waals surface area contributed by atoms with Gasteiger partial charge in [0.1, 0.15) is 0 Å². The van der Waals surface area contributed by atoms with Crippen LogP contribution >= 0.6 is 23.5 Å². The molecule has 150 valence electrons. The maximum absolute atomic E-state index is 12.3. The molecule has 1 unspecified atom stereocenters. The molecule has 0 bridgehead atoms. The van der Waals surface area contributed by atoms with Crippen molar-refractivity contribution in [1.82, 2.24) is 15.3 Å². The predicted molar refractivity (Wildman–Crippen MR) is 121 cm³/mol. The van der Waals surface area contributed by atoms with Gasteiger partial charge in [-0.1, -0.05) is 84.2 Å². The van der Waals surface area contributed by atoms with E-state index in [4.69, 9.17) is 0 Å². The molecule has 0 saturated heterocycles. The van der Waals surface area contributed by atoms with E-state index in [0.29, 0.717) is 10.3 Å². The molecule has 0 spiro atoms. The topological polar surface area (TPSA) is 84.3 Å². The molecular formula is C22H18N4O2S2. The van der Waals surface area contributed by atoms with Crippen molar-refractivity contribution >= 4 is 40.5 Å². The highest BCUT2D eigenvalue weighted by atomic mass is 32.2. The number of amides is 2. The van der Waals surface area contributed by atoms with Gasteiger partial charge in [0, 0.05) is 11.1 Å². The van der Waals surface area contributed by atoms with Crippen LogP contribution in [0.15, 0.2) is 76.9 Å². The molecule has 1 N–H and O–H groups in total. The first-order valence-electron chi connectivity index (χ1n) is 9.30. The lowest BCUT2D eigenvalue weighted by atomic mass is 10.1. The summed E-state index contributed by atoms with van der Waals surface area (Å²) in [5.74, 6) is -0.355. The van der Waals surface area contributed by atoms with E-state index in [1.807, 2.05) is 66.7 Å². The lowest BCUT2D eigenvalue weighted by Crippen LogP contribution is -2.29. The van der Waals surface area contributed by atoms with Gasteiger partial charge in [-0.05, 0) is 13.0 Å². The van der Waals surface area contributed by atoms with Crippen molar-refractivity contribution in [1.29, 1.82) is 0 Å². The zero-order valence-electron chi connectivity index (χ0n) is 16.1. The lowest BCUT2D eigenvalue weighted by Gasteiger charge is -2.09. The molecule has 3 aromatic rings. The van der Waals surface area contributed by atoms with Gasteiger partial charge in [0.05, 0.1) is 22.4 Å². The van der Waals surface area contributed by atoms with E-state index in [1.54, 1.807) is 6.92 Å². The number of nitrogens with zero attached hydrogens (tertiary/aromatic N) is 3. The number of aromatic nitrogens is 2. The van der Waals surface area contributed by atoms with Crippen LogP contribution in [0.25, 0.3) is 22.5 Å². The number of hydrogen-bond acceptors (Lipinski definition) is 6. The molecule has 0 aliphatic carbocycles. The number of rotatable bonds is 5. The molecular weight excluding hydrogens is 416 g/mol. The molecule has 1 aromatic heterocycles. The number of hydrogen-bond donors (Lipinski definition) is 1. The number of amidine groups is 1. The van der Waals surface area contributed by atoms with Crippen LogP contribution in [0.4, 0.5) is 0 Å². The second-order valence-electron chi connectivity index (χ2n) is 6.51. The fourth-order valence-corrected chi connectivity index (χ4v) is 4.24. The minimum atomic E-state index is -0.257. The molecule has 1 aliphatic heterocycles. The molecule has 2 heterocycles. The van der Waals surface area contributed by atoms with Crippen LogP contribution in [-0.2, 0) is 9.59 Å². The Morgan fingerprint density at radius 3 is 2.07 bits per heavy atom. The summed E-state index contributed by atoms with van der Waals surface area (Å²) in [4.78, 5) is 36.9. The molecule has 0 saturated carbocycles. The van der Waals surface area contributed by atoms with Gasteiger partial charge in [0.15, 0.2) is 10.3 Å². The first-order chi connectivity index (χ1) is 14.6. The lowest BCUT2D eigenvalue weighted by molar-refractivity contribution is -0.117. The number of benzene rings is 2. The van der Waals surface area contributed by atoms with E-state index in [2.05, 4.69) is 20.3 Å². The summed E-state index contributed by atoms with van der Waals surface area (Å²) in [6.45, 7) is 1.76. The van der Waals surface area contributed by atoms with Crippen molar-refractivity contribution < 1.29 is 9.59 Å². The Bertz CT molecular complexity index is 1050. The van der Waals surface area contributed by atoms with Gasteiger partial charge in [-0.25, -0.2) is 9.97 Å². The van der Waals surface area contributed by atoms with Crippen LogP contribution in [0.1, 0.15) is 6.92 Å². The van der Waals surface area contributed by atoms with Gasteiger partial charge in [-0.3, -0.25) is 9.59 Å². The number of aliphatic imine (C=N–C) groups is 1. The Kier molecular flexibility index (Phi) is 6.25. The van der Waals surface area contributed by atoms with Gasteiger partial charge in [-0.15, -0.1) is 0 Å². The Balaban J connectivity index is 1.54. The van der Waals surface area contributed by atoms with Gasteiger partial charge in [0.25, 0.3) is 5.91 Å². The number of nitrogens with one attached hydrogen (secondary N) is 1. The van der Waals surface area contributed by atoms with E-state index < -0.39 is 0 Å². The van der Waals surface area contributed by atoms with Crippen LogP contribution < -0.4 is 5.32 Å². The van der Waals surface area contributed by atoms with E-state index >= 15 is 0 Å². The highest BCUT2D eigenvalue weighted by Crippen LogP contribution is 2.27. The summed E-state index contributed by atoms with van der Waals surface area (Å²) in [5, 5.41) is 3.28. The molecule has 30 heavy (non-hydrogen) atoms. The van der Waals surface area contributed by atoms with Crippen LogP contribution in [0.5, 0.6) is 0 Å². The quantitative estimate of drug-likeness (QED) is 0.482. The highest BCUT2D eigenvalue weighted by Gasteiger charge is 2.25. The first kappa shape index (κ1) is 20.3. The van der Waals surface area contributed by atoms with Gasteiger partial charge < -0.3 is 5.32 Å². The van der Waals surface area contributed by atoms with Crippen molar-refractivity contribution in [3.8, 4) is 22.5 Å². The molecule has 0 fully saturated rings. The van der Waals surface area contributed by atoms with Crippen LogP contribution in [0.3, 0.4) is 0 Å². The van der Waals surface area contributed by atoms with E-state index in [1.165, 1.54) is 23.5 Å². The summed E-state index contributed by atoms with van der Waals surface area (Å²) in [6.07, 6.45) is 0. The summed E-state index contributed by atoms with van der Waals surface area (Å²) >= 11 is 2.50. The Morgan fingerprint density at radius 1 is 1.00 bits per heavy atom. The highest BCUT2D eigenvalue weighted by molar-refractivity contribution is 8.15. The largest absolute Gasteiger partial charge is 0.304 e. The number of carbonyl (C=O) groups is 2. The Hall–Kier alpha value is -2.97. The third kappa shape index (κ3) is 4.95. The average molecular weight is 435 g/mol. The minimum Gasteiger partial charge on any atom is -0.304 e. The van der Waals surface area contributed by atoms with E-state index in [0.717, 1.165) is 22.5 Å². The fourth-order valence-electron chi connectivity index (χ4n) is 2.78. The summed E-state index contributed by atoms with van der Waals surface area (Å²) in [5.41, 5.74) is 3.55. The summed E-state index contributed by atoms with van der Waals surface area (Å²) in [6, 6.07) is 21.7. The Labute approximate surface area is 182 Å². The molecule has 2 amide bonds. The minimum absolute atomic E-state index is 0.120. The molecule has 1 aliphatic rings. The molecule has 6 nitrogen and oxygen atoms in total. The second kappa shape index (κ2) is 9.23. The third-order valence-corrected chi connectivity index (χ3v) is 6.09. The maximum atomic E-state index is 12.3. The zero-order chi connectivity index (χ0) is 20.9. The van der Waals surface area contributed by atoms with Crippen molar-refractivity contribution in [3.05, 3.63) is 66.7 Å². The van der Waals surface area contributed by atoms with E-state index in [9.17, 15) is 9.59 Å². The zero-order valence-corrected chi connectivity index (χ0v) is 17.7. The van der Waals surface area contributed by atoms with Gasteiger partial charge in [0.2, 0.25) is 5.91 Å². The number of thioether (sulfide) groups is 2. The molecule has 2 aromatic carbocycles. The van der Waals surface area contributed by atoms with Crippen molar-refractivity contribution in [2.45, 2.75) is 17.3 Å². The smallest absolute Gasteiger partial charge is 0.261 e. The van der Waals surface area contributed by atoms with Crippen molar-refractivity contribution in [3.63, 3.8) is 0 Å². The molecule has 1 atom stereocenters. The average Bonchev–Trinajstić information content (AvgIpc) is 3.10. The van der Waals surface area contributed by atoms with Gasteiger partial charge >= 0.3 is 0 Å². The fraction of sp³-hybridized carbons (Fsp3) is 0.136. The van der Waals surface area contributed by atoms with Crippen molar-refractivity contribution in [2.75, 3.05) is 5.75 Å². The van der Waals surface area contributed by atoms with Crippen molar-refractivity contribution in [2.24, 2.45) is 4.99 Å². The standard InChI is InChI=1S/C22H18N4O2S2/c1-14-20(28)26-22(30-14)25-19(27)13-29-21-23-17(15-8-4-2-5-9-15)12-18(24-21)16-10-6-3-7-11-16/h2-12,14H,13H2,1H3,(H,25,26,27,28). The molecule has 0 radical (unpaired) electrons. The van der Waals surface area contributed by atoms with Gasteiger partial charge in [-0.2, -0.15) is 4.99 Å². The monoisotopic (exact) mass is 434 g/mol. The van der Waals surface area contributed by atoms with Crippen LogP contribution in [-0.4, -0.2) is 38.0 Å². The third-order valence-electron chi connectivity index (χ3n) is 4.27. The summed E-state index contributed by atoms with van der Waals surface area (Å²) < 4.78 is 0. The summed E-state index contributed by atoms with van der Waals surface area (Å²) in [7, 11) is 0. The SMILES string of the molecule is CC1SC(NC(=O)CSc2nc(-c3ccccc3)cc(-c3ccccc3)n2)=NC1=O. The predicted octanol–water partition coefficient (Wildman–Crippen LogP) is 4.04. The number of carbonyl (C=O) groups excluding carboxylic acids is 2.